The number of nitrogens with zero attached hydrogens (tertiary/aromatic N) is 2. The molecule has 0 bridgehead atoms. The molecule has 1 saturated heterocycles. The maximum Gasteiger partial charge on any atom is 0.185 e. The van der Waals surface area contributed by atoms with E-state index in [4.69, 9.17) is 0 Å². The van der Waals surface area contributed by atoms with Gasteiger partial charge in [0.05, 0.1) is 0 Å². The fourth-order valence-electron chi connectivity index (χ4n) is 2.85. The second-order valence-corrected chi connectivity index (χ2v) is 6.43. The average molecular weight is 303 g/mol. The molecule has 5 heteroatoms. The largest absolute Gasteiger partial charge is 0.508 e. The van der Waals surface area contributed by atoms with Crippen molar-refractivity contribution in [1.29, 1.82) is 0 Å². The Morgan fingerprint density at radius 3 is 2.86 bits per heavy atom. The summed E-state index contributed by atoms with van der Waals surface area (Å²) in [5, 5.41) is 16.4. The molecular formula is C16H21N3OS. The third kappa shape index (κ3) is 3.54. The second kappa shape index (κ2) is 6.45. The van der Waals surface area contributed by atoms with Crippen LogP contribution in [0.5, 0.6) is 5.75 Å². The summed E-state index contributed by atoms with van der Waals surface area (Å²) in [5.74, 6) is 0.333. The first-order valence-corrected chi connectivity index (χ1v) is 8.30. The van der Waals surface area contributed by atoms with Gasteiger partial charge in [-0.05, 0) is 37.5 Å². The lowest BCUT2D eigenvalue weighted by molar-refractivity contribution is 0.380. The van der Waals surface area contributed by atoms with E-state index < -0.39 is 0 Å². The van der Waals surface area contributed by atoms with Gasteiger partial charge >= 0.3 is 0 Å². The number of nitrogens with one attached hydrogen (secondary N) is 1. The van der Waals surface area contributed by atoms with Crippen LogP contribution in [0.1, 0.15) is 31.4 Å². The van der Waals surface area contributed by atoms with Crippen LogP contribution in [0.4, 0.5) is 5.13 Å². The monoisotopic (exact) mass is 303 g/mol. The maximum atomic E-state index is 9.57. The summed E-state index contributed by atoms with van der Waals surface area (Å²) in [5.41, 5.74) is 1.14. The summed E-state index contributed by atoms with van der Waals surface area (Å²) in [4.78, 5) is 6.74. The standard InChI is InChI=1S/C16H21N3OS/c1-12(13-3-2-4-15(20)11-13)18-14-5-8-19(9-6-14)16-17-7-10-21-16/h2-4,7,10-12,14,18,20H,5-6,8-9H2,1H3/t12-/m1/s1. The molecule has 0 radical (unpaired) electrons. The highest BCUT2D eigenvalue weighted by atomic mass is 32.1. The summed E-state index contributed by atoms with van der Waals surface area (Å²) in [6.07, 6.45) is 4.12. The molecule has 0 amide bonds. The lowest BCUT2D eigenvalue weighted by atomic mass is 10.0. The predicted octanol–water partition coefficient (Wildman–Crippen LogP) is 3.17. The number of aromatic nitrogens is 1. The first kappa shape index (κ1) is 14.4. The first-order valence-electron chi connectivity index (χ1n) is 7.42. The summed E-state index contributed by atoms with van der Waals surface area (Å²) in [6, 6.07) is 8.29. The Morgan fingerprint density at radius 2 is 2.19 bits per heavy atom. The van der Waals surface area contributed by atoms with E-state index in [-0.39, 0.29) is 6.04 Å². The van der Waals surface area contributed by atoms with Crippen molar-refractivity contribution < 1.29 is 5.11 Å². The van der Waals surface area contributed by atoms with E-state index in [0.717, 1.165) is 36.6 Å². The van der Waals surface area contributed by atoms with Crippen LogP contribution >= 0.6 is 11.3 Å². The minimum absolute atomic E-state index is 0.258. The van der Waals surface area contributed by atoms with Gasteiger partial charge in [0, 0.05) is 36.8 Å². The predicted molar refractivity (Wildman–Crippen MR) is 87.0 cm³/mol. The molecule has 2 aromatic rings. The van der Waals surface area contributed by atoms with Crippen LogP contribution in [0.2, 0.25) is 0 Å². The van der Waals surface area contributed by atoms with E-state index in [1.807, 2.05) is 23.7 Å². The molecule has 3 rings (SSSR count). The van der Waals surface area contributed by atoms with Crippen molar-refractivity contribution in [2.24, 2.45) is 0 Å². The molecule has 2 heterocycles. The van der Waals surface area contributed by atoms with Crippen molar-refractivity contribution in [2.45, 2.75) is 31.8 Å². The summed E-state index contributed by atoms with van der Waals surface area (Å²) < 4.78 is 0. The average Bonchev–Trinajstić information content (AvgIpc) is 3.02. The quantitative estimate of drug-likeness (QED) is 0.911. The topological polar surface area (TPSA) is 48.4 Å². The van der Waals surface area contributed by atoms with Crippen LogP contribution in [-0.2, 0) is 0 Å². The molecule has 4 nitrogen and oxygen atoms in total. The lowest BCUT2D eigenvalue weighted by Crippen LogP contribution is -2.43. The third-order valence-electron chi connectivity index (χ3n) is 4.04. The fourth-order valence-corrected chi connectivity index (χ4v) is 3.55. The minimum atomic E-state index is 0.258. The van der Waals surface area contributed by atoms with Crippen LogP contribution in [0.25, 0.3) is 0 Å². The molecule has 1 aromatic carbocycles. The molecule has 1 aromatic heterocycles. The van der Waals surface area contributed by atoms with Gasteiger partial charge in [-0.3, -0.25) is 0 Å². The third-order valence-corrected chi connectivity index (χ3v) is 4.87. The fraction of sp³-hybridized carbons (Fsp3) is 0.438. The Balaban J connectivity index is 1.53. The molecule has 112 valence electrons. The highest BCUT2D eigenvalue weighted by Crippen LogP contribution is 2.24. The Morgan fingerprint density at radius 1 is 1.38 bits per heavy atom. The molecular weight excluding hydrogens is 282 g/mol. The maximum absolute atomic E-state index is 9.57. The van der Waals surface area contributed by atoms with E-state index in [0.29, 0.717) is 11.8 Å². The zero-order chi connectivity index (χ0) is 14.7. The molecule has 0 spiro atoms. The van der Waals surface area contributed by atoms with Gasteiger partial charge in [0.25, 0.3) is 0 Å². The van der Waals surface area contributed by atoms with Crippen LogP contribution < -0.4 is 10.2 Å². The smallest absolute Gasteiger partial charge is 0.185 e. The zero-order valence-corrected chi connectivity index (χ0v) is 13.0. The molecule has 0 saturated carbocycles. The van der Waals surface area contributed by atoms with Gasteiger partial charge in [0.1, 0.15) is 5.75 Å². The number of phenolic OH excluding ortho intramolecular Hbond substituents is 1. The molecule has 21 heavy (non-hydrogen) atoms. The highest BCUT2D eigenvalue weighted by Gasteiger charge is 2.22. The van der Waals surface area contributed by atoms with Gasteiger partial charge < -0.3 is 15.3 Å². The van der Waals surface area contributed by atoms with Crippen molar-refractivity contribution in [2.75, 3.05) is 18.0 Å². The van der Waals surface area contributed by atoms with Gasteiger partial charge in [-0.1, -0.05) is 12.1 Å². The second-order valence-electron chi connectivity index (χ2n) is 5.56. The van der Waals surface area contributed by atoms with Crippen LogP contribution in [0, 0.1) is 0 Å². The Kier molecular flexibility index (Phi) is 4.41. The van der Waals surface area contributed by atoms with Gasteiger partial charge in [-0.2, -0.15) is 0 Å². The number of anilines is 1. The van der Waals surface area contributed by atoms with Gasteiger partial charge in [0.2, 0.25) is 0 Å². The van der Waals surface area contributed by atoms with Crippen molar-refractivity contribution >= 4 is 16.5 Å². The van der Waals surface area contributed by atoms with Crippen LogP contribution in [0.3, 0.4) is 0 Å². The number of rotatable bonds is 4. The summed E-state index contributed by atoms with van der Waals surface area (Å²) in [7, 11) is 0. The van der Waals surface area contributed by atoms with Crippen molar-refractivity contribution in [3.05, 3.63) is 41.4 Å². The van der Waals surface area contributed by atoms with E-state index >= 15 is 0 Å². The van der Waals surface area contributed by atoms with E-state index in [1.165, 1.54) is 0 Å². The summed E-state index contributed by atoms with van der Waals surface area (Å²) >= 11 is 1.71. The SMILES string of the molecule is C[C@@H](NC1CCN(c2nccs2)CC1)c1cccc(O)c1. The van der Waals surface area contributed by atoms with E-state index in [2.05, 4.69) is 28.2 Å². The normalized spacial score (nSPS) is 17.9. The number of benzene rings is 1. The molecule has 1 aliphatic rings. The van der Waals surface area contributed by atoms with E-state index in [1.54, 1.807) is 17.4 Å². The highest BCUT2D eigenvalue weighted by molar-refractivity contribution is 7.13. The molecule has 1 atom stereocenters. The lowest BCUT2D eigenvalue weighted by Gasteiger charge is -2.33. The summed E-state index contributed by atoms with van der Waals surface area (Å²) in [6.45, 7) is 4.26. The van der Waals surface area contributed by atoms with E-state index in [9.17, 15) is 5.11 Å². The van der Waals surface area contributed by atoms with Crippen molar-refractivity contribution in [3.63, 3.8) is 0 Å². The Labute approximate surface area is 129 Å². The molecule has 0 unspecified atom stereocenters. The minimum Gasteiger partial charge on any atom is -0.508 e. The molecule has 2 N–H and O–H groups in total. The number of piperidine rings is 1. The molecule has 0 aliphatic carbocycles. The number of thiazole rings is 1. The number of hydrogen-bond acceptors (Lipinski definition) is 5. The molecule has 1 fully saturated rings. The number of phenols is 1. The Bertz CT molecular complexity index is 565. The first-order chi connectivity index (χ1) is 10.2. The van der Waals surface area contributed by atoms with Gasteiger partial charge in [-0.25, -0.2) is 4.98 Å². The van der Waals surface area contributed by atoms with Gasteiger partial charge in [0.15, 0.2) is 5.13 Å². The van der Waals surface area contributed by atoms with Gasteiger partial charge in [-0.15, -0.1) is 11.3 Å². The van der Waals surface area contributed by atoms with Crippen molar-refractivity contribution in [1.82, 2.24) is 10.3 Å². The van der Waals surface area contributed by atoms with Crippen LogP contribution in [0.15, 0.2) is 35.8 Å². The number of hydrogen-bond donors (Lipinski definition) is 2. The zero-order valence-electron chi connectivity index (χ0n) is 12.2. The van der Waals surface area contributed by atoms with Crippen LogP contribution in [-0.4, -0.2) is 29.2 Å². The number of aromatic hydroxyl groups is 1. The molecule has 1 aliphatic heterocycles. The Hall–Kier alpha value is -1.59. The van der Waals surface area contributed by atoms with Crippen molar-refractivity contribution in [3.8, 4) is 5.75 Å².